The van der Waals surface area contributed by atoms with Crippen molar-refractivity contribution in [2.75, 3.05) is 7.11 Å². The third kappa shape index (κ3) is 2.84. The van der Waals surface area contributed by atoms with Gasteiger partial charge in [-0.3, -0.25) is 9.78 Å². The molecule has 2 aliphatic rings. The molecule has 172 valence electrons. The summed E-state index contributed by atoms with van der Waals surface area (Å²) < 4.78 is 11.8. The summed E-state index contributed by atoms with van der Waals surface area (Å²) >= 11 is 0. The van der Waals surface area contributed by atoms with Gasteiger partial charge in [-0.25, -0.2) is 0 Å². The zero-order valence-electron chi connectivity index (χ0n) is 18.3. The van der Waals surface area contributed by atoms with Crippen molar-refractivity contribution in [2.24, 2.45) is 5.92 Å². The highest BCUT2D eigenvalue weighted by molar-refractivity contribution is 5.68. The lowest BCUT2D eigenvalue weighted by molar-refractivity contribution is -0.155. The first-order valence-corrected chi connectivity index (χ1v) is 10.8. The Bertz CT molecular complexity index is 1290. The Hall–Kier alpha value is -3.93. The fraction of sp³-hybridized carbons (Fsp3) is 0.269. The van der Waals surface area contributed by atoms with Crippen LogP contribution in [0.1, 0.15) is 34.7 Å². The maximum Gasteiger partial charge on any atom is 0.303 e. The first kappa shape index (κ1) is 21.9. The standard InChI is InChI=1S/C26H22N2O6/c1-33-18-9-7-17(8-10-18)26-22(16-5-3-2-4-6-16)19(12-21(29)30)24(31)25(26,32)23-20(34-26)11-15(13-27)14-28-23/h2-11,14,19,22,24,31-32H,12H2,1H3,(H,29,30)/t19-,22-,24-,25+,26+/m1/s1. The van der Waals surface area contributed by atoms with Gasteiger partial charge < -0.3 is 24.8 Å². The number of aliphatic carboxylic acids is 1. The third-order valence-electron chi connectivity index (χ3n) is 6.97. The average molecular weight is 458 g/mol. The molecule has 1 aliphatic heterocycles. The Morgan fingerprint density at radius 1 is 1.21 bits per heavy atom. The van der Waals surface area contributed by atoms with Crippen molar-refractivity contribution < 1.29 is 29.6 Å². The highest BCUT2D eigenvalue weighted by Crippen LogP contribution is 2.68. The van der Waals surface area contributed by atoms with Gasteiger partial charge in [-0.1, -0.05) is 42.5 Å². The van der Waals surface area contributed by atoms with Crippen LogP contribution < -0.4 is 9.47 Å². The normalized spacial score (nSPS) is 28.9. The van der Waals surface area contributed by atoms with Gasteiger partial charge in [-0.2, -0.15) is 5.26 Å². The van der Waals surface area contributed by atoms with Crippen molar-refractivity contribution in [1.82, 2.24) is 4.98 Å². The van der Waals surface area contributed by atoms with Crippen LogP contribution in [0.3, 0.4) is 0 Å². The number of carbonyl (C=O) groups is 1. The Labute approximate surface area is 195 Å². The highest BCUT2D eigenvalue weighted by atomic mass is 16.5. The van der Waals surface area contributed by atoms with E-state index < -0.39 is 41.5 Å². The zero-order valence-corrected chi connectivity index (χ0v) is 18.3. The molecule has 1 aromatic heterocycles. The quantitative estimate of drug-likeness (QED) is 0.532. The largest absolute Gasteiger partial charge is 0.497 e. The van der Waals surface area contributed by atoms with E-state index >= 15 is 0 Å². The van der Waals surface area contributed by atoms with Crippen LogP contribution >= 0.6 is 0 Å². The van der Waals surface area contributed by atoms with E-state index in [1.807, 2.05) is 36.4 Å². The summed E-state index contributed by atoms with van der Waals surface area (Å²) in [5, 5.41) is 42.9. The smallest absolute Gasteiger partial charge is 0.303 e. The number of benzene rings is 2. The molecule has 1 saturated carbocycles. The van der Waals surface area contributed by atoms with E-state index in [1.165, 1.54) is 19.4 Å². The summed E-state index contributed by atoms with van der Waals surface area (Å²) in [4.78, 5) is 16.2. The van der Waals surface area contributed by atoms with Crippen molar-refractivity contribution in [1.29, 1.82) is 5.26 Å². The minimum atomic E-state index is -2.08. The molecule has 0 radical (unpaired) electrons. The molecule has 5 atom stereocenters. The number of carboxylic acid groups (broad SMARTS) is 1. The van der Waals surface area contributed by atoms with E-state index in [0.717, 1.165) is 0 Å². The number of hydrogen-bond acceptors (Lipinski definition) is 7. The van der Waals surface area contributed by atoms with Crippen LogP contribution in [-0.2, 0) is 16.0 Å². The first-order chi connectivity index (χ1) is 16.4. The molecule has 34 heavy (non-hydrogen) atoms. The van der Waals surface area contributed by atoms with Crippen LogP contribution in [0.2, 0.25) is 0 Å². The SMILES string of the molecule is COc1ccc([C@@]23Oc4cc(C#N)cnc4[C@]2(O)[C@H](O)[C@H](CC(=O)O)[C@H]3c2ccccc2)cc1. The summed E-state index contributed by atoms with van der Waals surface area (Å²) in [5.41, 5.74) is -2.15. The van der Waals surface area contributed by atoms with Crippen molar-refractivity contribution in [3.8, 4) is 17.6 Å². The monoisotopic (exact) mass is 458 g/mol. The van der Waals surface area contributed by atoms with Crippen molar-refractivity contribution in [3.05, 3.63) is 89.2 Å². The van der Waals surface area contributed by atoms with Crippen molar-refractivity contribution in [3.63, 3.8) is 0 Å². The molecule has 0 saturated heterocycles. The molecule has 5 rings (SSSR count). The number of rotatable bonds is 5. The second-order valence-electron chi connectivity index (χ2n) is 8.61. The number of fused-ring (bicyclic) bond motifs is 3. The fourth-order valence-electron chi connectivity index (χ4n) is 5.62. The van der Waals surface area contributed by atoms with Crippen LogP contribution in [-0.4, -0.2) is 39.5 Å². The number of aliphatic hydroxyl groups excluding tert-OH is 1. The molecule has 8 nitrogen and oxygen atoms in total. The Kier molecular flexibility index (Phi) is 5.04. The lowest BCUT2D eigenvalue weighted by Gasteiger charge is -2.40. The topological polar surface area (TPSA) is 133 Å². The maximum absolute atomic E-state index is 12.3. The molecule has 0 spiro atoms. The van der Waals surface area contributed by atoms with Crippen LogP contribution in [0.15, 0.2) is 66.9 Å². The van der Waals surface area contributed by atoms with Gasteiger partial charge in [0.25, 0.3) is 0 Å². The predicted octanol–water partition coefficient (Wildman–Crippen LogP) is 2.69. The number of nitrogens with zero attached hydrogens (tertiary/aromatic N) is 2. The van der Waals surface area contributed by atoms with E-state index in [-0.39, 0.29) is 17.0 Å². The maximum atomic E-state index is 12.3. The number of methoxy groups -OCH3 is 1. The Morgan fingerprint density at radius 2 is 1.91 bits per heavy atom. The fourth-order valence-corrected chi connectivity index (χ4v) is 5.62. The van der Waals surface area contributed by atoms with Gasteiger partial charge in [0.1, 0.15) is 23.3 Å². The highest BCUT2D eigenvalue weighted by Gasteiger charge is 2.76. The number of aromatic nitrogens is 1. The Balaban J connectivity index is 1.83. The second kappa shape index (κ2) is 7.83. The number of nitriles is 1. The summed E-state index contributed by atoms with van der Waals surface area (Å²) in [6.45, 7) is 0. The number of ether oxygens (including phenoxy) is 2. The number of aliphatic hydroxyl groups is 2. The van der Waals surface area contributed by atoms with Gasteiger partial charge in [0.05, 0.1) is 25.2 Å². The molecule has 2 aromatic carbocycles. The number of carboxylic acids is 1. The third-order valence-corrected chi connectivity index (χ3v) is 6.97. The van der Waals surface area contributed by atoms with E-state index in [2.05, 4.69) is 4.98 Å². The minimum Gasteiger partial charge on any atom is -0.497 e. The molecule has 1 fully saturated rings. The van der Waals surface area contributed by atoms with E-state index in [0.29, 0.717) is 16.9 Å². The summed E-state index contributed by atoms with van der Waals surface area (Å²) in [7, 11) is 1.54. The van der Waals surface area contributed by atoms with Crippen LogP contribution in [0.25, 0.3) is 0 Å². The van der Waals surface area contributed by atoms with Crippen molar-refractivity contribution in [2.45, 2.75) is 29.6 Å². The van der Waals surface area contributed by atoms with Crippen LogP contribution in [0.4, 0.5) is 0 Å². The lowest BCUT2D eigenvalue weighted by Crippen LogP contribution is -2.52. The van der Waals surface area contributed by atoms with Crippen molar-refractivity contribution >= 4 is 5.97 Å². The molecular formula is C26H22N2O6. The molecule has 1 aliphatic carbocycles. The number of pyridine rings is 1. The van der Waals surface area contributed by atoms with Crippen LogP contribution in [0.5, 0.6) is 11.5 Å². The van der Waals surface area contributed by atoms with E-state index in [9.17, 15) is 25.4 Å². The van der Waals surface area contributed by atoms with E-state index in [1.54, 1.807) is 24.3 Å². The van der Waals surface area contributed by atoms with Gasteiger partial charge in [-0.05, 0) is 23.3 Å². The summed E-state index contributed by atoms with van der Waals surface area (Å²) in [5.74, 6) is -1.99. The molecular weight excluding hydrogens is 436 g/mol. The van der Waals surface area contributed by atoms with Gasteiger partial charge in [0.15, 0.2) is 11.2 Å². The molecule has 8 heteroatoms. The Morgan fingerprint density at radius 3 is 2.53 bits per heavy atom. The molecule has 3 N–H and O–H groups in total. The summed E-state index contributed by atoms with van der Waals surface area (Å²) in [6.07, 6.45) is -0.604. The zero-order chi connectivity index (χ0) is 24.1. The predicted molar refractivity (Wildman–Crippen MR) is 119 cm³/mol. The van der Waals surface area contributed by atoms with Gasteiger partial charge in [0, 0.05) is 24.1 Å². The number of hydrogen-bond donors (Lipinski definition) is 3. The molecule has 0 amide bonds. The average Bonchev–Trinajstić information content (AvgIpc) is 3.22. The first-order valence-electron chi connectivity index (χ1n) is 10.8. The van der Waals surface area contributed by atoms with E-state index in [4.69, 9.17) is 9.47 Å². The summed E-state index contributed by atoms with van der Waals surface area (Å²) in [6, 6.07) is 19.5. The minimum absolute atomic E-state index is 0.0728. The molecule has 3 aromatic rings. The molecule has 0 unspecified atom stereocenters. The lowest BCUT2D eigenvalue weighted by atomic mass is 9.71. The second-order valence-corrected chi connectivity index (χ2v) is 8.61. The van der Waals surface area contributed by atoms with Gasteiger partial charge in [0.2, 0.25) is 0 Å². The van der Waals surface area contributed by atoms with Gasteiger partial charge in [-0.15, -0.1) is 0 Å². The van der Waals surface area contributed by atoms with Gasteiger partial charge >= 0.3 is 5.97 Å². The molecule has 2 heterocycles. The molecule has 0 bridgehead atoms. The van der Waals surface area contributed by atoms with Crippen LogP contribution in [0, 0.1) is 17.2 Å².